The third kappa shape index (κ3) is 4.55. The second-order valence-corrected chi connectivity index (χ2v) is 9.04. The van der Waals surface area contributed by atoms with Crippen molar-refractivity contribution in [3.63, 3.8) is 0 Å². The van der Waals surface area contributed by atoms with Crippen LogP contribution in [0.3, 0.4) is 0 Å². The Labute approximate surface area is 212 Å². The SMILES string of the molecule is Cc1[nH]c(C(=O)NC2[C@H]3CN(c4cc(C(=O)[O-])nc(N5CCOCC5)n4)C[C@@H]23)c(Cl)c1Cl.[Li+]. The number of rotatable bonds is 5. The zero-order chi connectivity index (χ0) is 22.6. The van der Waals surface area contributed by atoms with E-state index in [1.54, 1.807) is 6.92 Å². The molecule has 1 aliphatic carbocycles. The number of carbonyl (C=O) groups is 2. The predicted molar refractivity (Wildman–Crippen MR) is 115 cm³/mol. The number of amides is 1. The topological polar surface area (TPSA) is 127 Å². The van der Waals surface area contributed by atoms with Gasteiger partial charge in [-0.15, -0.1) is 0 Å². The van der Waals surface area contributed by atoms with Crippen molar-refractivity contribution in [2.75, 3.05) is 49.2 Å². The molecule has 3 aliphatic rings. The van der Waals surface area contributed by atoms with Crippen LogP contribution in [-0.4, -0.2) is 72.3 Å². The second kappa shape index (κ2) is 9.35. The normalized spacial score (nSPS) is 23.7. The summed E-state index contributed by atoms with van der Waals surface area (Å²) in [7, 11) is 0. The van der Waals surface area contributed by atoms with Gasteiger partial charge in [0.1, 0.15) is 11.5 Å². The molecule has 0 bridgehead atoms. The molecule has 2 aromatic rings. The van der Waals surface area contributed by atoms with Crippen LogP contribution in [0.1, 0.15) is 26.7 Å². The van der Waals surface area contributed by atoms with E-state index in [0.717, 1.165) is 0 Å². The van der Waals surface area contributed by atoms with E-state index < -0.39 is 5.97 Å². The average Bonchev–Trinajstić information content (AvgIpc) is 3.11. The van der Waals surface area contributed by atoms with Crippen LogP contribution in [0.2, 0.25) is 10.0 Å². The maximum Gasteiger partial charge on any atom is 1.00 e. The number of fused-ring (bicyclic) bond motifs is 1. The number of aromatic nitrogens is 3. The van der Waals surface area contributed by atoms with Crippen molar-refractivity contribution in [2.45, 2.75) is 13.0 Å². The van der Waals surface area contributed by atoms with E-state index in [-0.39, 0.29) is 59.1 Å². The standard InChI is InChI=1S/C20H22Cl2N6O4.Li/c1-9-14(21)15(22)17(23-9)18(29)26-16-10-7-28(8-11(10)16)13-6-12(19(30)31)24-20(25-13)27-2-4-32-5-3-27;/h6,10-11,16,23H,2-5,7-8H2,1H3,(H,26,29)(H,30,31);/q;+1/p-1/t10-,11+,16?;. The number of morpholine rings is 1. The summed E-state index contributed by atoms with van der Waals surface area (Å²) in [6, 6.07) is 1.47. The molecule has 0 radical (unpaired) electrons. The number of piperidine rings is 1. The Morgan fingerprint density at radius 3 is 2.39 bits per heavy atom. The first kappa shape index (κ1) is 24.2. The van der Waals surface area contributed by atoms with Crippen molar-refractivity contribution >= 4 is 46.8 Å². The van der Waals surface area contributed by atoms with Crippen molar-refractivity contribution in [3.05, 3.63) is 33.2 Å². The fraction of sp³-hybridized carbons (Fsp3) is 0.500. The number of nitrogens with one attached hydrogen (secondary N) is 2. The number of aryl methyl sites for hydroxylation is 1. The molecular weight excluding hydrogens is 466 g/mol. The smallest absolute Gasteiger partial charge is 0.543 e. The van der Waals surface area contributed by atoms with Crippen LogP contribution in [0, 0.1) is 18.8 Å². The number of carboxylic acids is 1. The Morgan fingerprint density at radius 1 is 1.15 bits per heavy atom. The van der Waals surface area contributed by atoms with Crippen LogP contribution < -0.4 is 39.1 Å². The first-order valence-electron chi connectivity index (χ1n) is 10.4. The number of aromatic amines is 1. The van der Waals surface area contributed by atoms with Gasteiger partial charge in [-0.1, -0.05) is 23.2 Å². The first-order chi connectivity index (χ1) is 15.3. The predicted octanol–water partition coefficient (Wildman–Crippen LogP) is -2.51. The number of aromatic carboxylic acids is 1. The van der Waals surface area contributed by atoms with Crippen molar-refractivity contribution in [3.8, 4) is 0 Å². The molecule has 5 rings (SSSR count). The summed E-state index contributed by atoms with van der Waals surface area (Å²) in [5.41, 5.74) is 0.767. The van der Waals surface area contributed by atoms with Gasteiger partial charge >= 0.3 is 18.9 Å². The molecule has 170 valence electrons. The van der Waals surface area contributed by atoms with Gasteiger partial charge in [-0.05, 0) is 6.92 Å². The summed E-state index contributed by atoms with van der Waals surface area (Å²) in [4.78, 5) is 39.7. The van der Waals surface area contributed by atoms with Crippen LogP contribution in [0.5, 0.6) is 0 Å². The summed E-state index contributed by atoms with van der Waals surface area (Å²) in [6.45, 7) is 5.33. The second-order valence-electron chi connectivity index (χ2n) is 8.28. The molecule has 1 saturated carbocycles. The van der Waals surface area contributed by atoms with Gasteiger partial charge in [0.05, 0.1) is 34.9 Å². The molecule has 0 spiro atoms. The van der Waals surface area contributed by atoms with E-state index in [0.29, 0.717) is 61.9 Å². The minimum Gasteiger partial charge on any atom is -0.543 e. The van der Waals surface area contributed by atoms with E-state index >= 15 is 0 Å². The van der Waals surface area contributed by atoms with E-state index in [9.17, 15) is 14.7 Å². The minimum absolute atomic E-state index is 0. The van der Waals surface area contributed by atoms with Gasteiger partial charge in [0.25, 0.3) is 5.91 Å². The Bertz CT molecular complexity index is 1080. The van der Waals surface area contributed by atoms with Gasteiger partial charge in [0.2, 0.25) is 5.95 Å². The molecule has 13 heteroatoms. The number of carboxylic acid groups (broad SMARTS) is 1. The summed E-state index contributed by atoms with van der Waals surface area (Å²) < 4.78 is 5.35. The van der Waals surface area contributed by atoms with E-state index in [1.165, 1.54) is 6.07 Å². The molecule has 1 amide bonds. The summed E-state index contributed by atoms with van der Waals surface area (Å²) in [6.07, 6.45) is 0. The number of nitrogens with zero attached hydrogens (tertiary/aromatic N) is 4. The Kier molecular flexibility index (Phi) is 6.85. The monoisotopic (exact) mass is 486 g/mol. The van der Waals surface area contributed by atoms with Crippen LogP contribution in [0.15, 0.2) is 6.07 Å². The van der Waals surface area contributed by atoms with Gasteiger partial charge in [-0.2, -0.15) is 4.98 Å². The average molecular weight is 487 g/mol. The first-order valence-corrected chi connectivity index (χ1v) is 11.1. The van der Waals surface area contributed by atoms with Crippen LogP contribution in [0.4, 0.5) is 11.8 Å². The molecule has 4 heterocycles. The van der Waals surface area contributed by atoms with Crippen LogP contribution in [0.25, 0.3) is 0 Å². The largest absolute Gasteiger partial charge is 1.00 e. The molecule has 3 atom stereocenters. The van der Waals surface area contributed by atoms with Gasteiger partial charge in [0, 0.05) is 55.8 Å². The van der Waals surface area contributed by atoms with E-state index in [4.69, 9.17) is 27.9 Å². The molecule has 1 unspecified atom stereocenters. The van der Waals surface area contributed by atoms with E-state index in [1.807, 2.05) is 9.80 Å². The maximum atomic E-state index is 12.6. The third-order valence-corrected chi connectivity index (χ3v) is 7.25. The zero-order valence-electron chi connectivity index (χ0n) is 18.2. The number of hydrogen-bond acceptors (Lipinski definition) is 8. The van der Waals surface area contributed by atoms with E-state index in [2.05, 4.69) is 20.3 Å². The van der Waals surface area contributed by atoms with Crippen molar-refractivity contribution in [1.29, 1.82) is 0 Å². The molecule has 33 heavy (non-hydrogen) atoms. The number of carbonyl (C=O) groups excluding carboxylic acids is 2. The van der Waals surface area contributed by atoms with Gasteiger partial charge in [-0.3, -0.25) is 4.79 Å². The van der Waals surface area contributed by atoms with Crippen molar-refractivity contribution in [2.24, 2.45) is 11.8 Å². The molecule has 0 aromatic carbocycles. The zero-order valence-corrected chi connectivity index (χ0v) is 19.7. The number of anilines is 2. The molecule has 10 nitrogen and oxygen atoms in total. The minimum atomic E-state index is -1.34. The Morgan fingerprint density at radius 2 is 1.82 bits per heavy atom. The summed E-state index contributed by atoms with van der Waals surface area (Å²) >= 11 is 12.2. The number of H-pyrrole nitrogens is 1. The molecule has 2 N–H and O–H groups in total. The number of ether oxygens (including phenoxy) is 1. The fourth-order valence-corrected chi connectivity index (χ4v) is 4.89. The third-order valence-electron chi connectivity index (χ3n) is 6.30. The molecule has 2 aliphatic heterocycles. The Hall–Kier alpha value is -1.96. The molecule has 2 saturated heterocycles. The molecular formula is C20H21Cl2LiN6O4. The quantitative estimate of drug-likeness (QED) is 0.443. The van der Waals surface area contributed by atoms with Crippen LogP contribution in [-0.2, 0) is 4.74 Å². The fourth-order valence-electron chi connectivity index (χ4n) is 4.47. The van der Waals surface area contributed by atoms with Crippen LogP contribution >= 0.6 is 23.2 Å². The maximum absolute atomic E-state index is 12.6. The number of hydrogen-bond donors (Lipinski definition) is 2. The molecule has 3 fully saturated rings. The van der Waals surface area contributed by atoms with Crippen molar-refractivity contribution < 1.29 is 38.3 Å². The summed E-state index contributed by atoms with van der Waals surface area (Å²) in [5.74, 6) is -0.215. The van der Waals surface area contributed by atoms with Gasteiger partial charge < -0.3 is 34.7 Å². The van der Waals surface area contributed by atoms with Gasteiger partial charge in [0.15, 0.2) is 0 Å². The van der Waals surface area contributed by atoms with Crippen molar-refractivity contribution in [1.82, 2.24) is 20.3 Å². The number of halogens is 2. The molecule has 2 aromatic heterocycles. The summed E-state index contributed by atoms with van der Waals surface area (Å²) in [5, 5.41) is 15.1. The Balaban J connectivity index is 0.00000259. The van der Waals surface area contributed by atoms with Gasteiger partial charge in [-0.25, -0.2) is 4.98 Å².